The average Bonchev–Trinajstić information content (AvgIpc) is 2.61. The van der Waals surface area contributed by atoms with Gasteiger partial charge in [-0.25, -0.2) is 0 Å². The van der Waals surface area contributed by atoms with Gasteiger partial charge >= 0.3 is 0 Å². The van der Waals surface area contributed by atoms with E-state index in [-0.39, 0.29) is 23.9 Å². The fraction of sp³-hybridized carbons (Fsp3) is 0.833. The number of nitrogens with two attached hydrogens (primary N) is 1. The highest BCUT2D eigenvalue weighted by Gasteiger charge is 2.43. The van der Waals surface area contributed by atoms with Crippen LogP contribution in [0.5, 0.6) is 0 Å². The van der Waals surface area contributed by atoms with Gasteiger partial charge in [-0.05, 0) is 19.4 Å². The second-order valence-electron chi connectivity index (χ2n) is 5.11. The molecule has 0 aliphatic carbocycles. The van der Waals surface area contributed by atoms with Gasteiger partial charge in [-0.15, -0.1) is 0 Å². The number of rotatable bonds is 6. The van der Waals surface area contributed by atoms with Gasteiger partial charge in [0, 0.05) is 27.6 Å². The fourth-order valence-electron chi connectivity index (χ4n) is 2.55. The quantitative estimate of drug-likeness (QED) is 0.691. The normalized spacial score (nSPS) is 24.2. The van der Waals surface area contributed by atoms with Crippen LogP contribution in [-0.2, 0) is 14.3 Å². The Kier molecular flexibility index (Phi) is 5.10. The van der Waals surface area contributed by atoms with E-state index in [2.05, 4.69) is 0 Å². The number of likely N-dealkylation sites (tertiary alicyclic amines) is 1. The number of amides is 2. The number of hydrogen-bond acceptors (Lipinski definition) is 4. The lowest BCUT2D eigenvalue weighted by molar-refractivity contribution is -0.134. The molecule has 0 unspecified atom stereocenters. The predicted molar refractivity (Wildman–Crippen MR) is 67.9 cm³/mol. The van der Waals surface area contributed by atoms with Gasteiger partial charge in [-0.3, -0.25) is 14.5 Å². The van der Waals surface area contributed by atoms with Crippen molar-refractivity contribution in [3.05, 3.63) is 0 Å². The molecule has 6 heteroatoms. The summed E-state index contributed by atoms with van der Waals surface area (Å²) in [6.45, 7) is 1.41. The van der Waals surface area contributed by atoms with E-state index in [1.807, 2.05) is 4.90 Å². The van der Waals surface area contributed by atoms with E-state index < -0.39 is 0 Å². The molecule has 1 saturated heterocycles. The fourth-order valence-corrected chi connectivity index (χ4v) is 2.55. The largest absolute Gasteiger partial charge is 0.383 e. The van der Waals surface area contributed by atoms with Crippen LogP contribution >= 0.6 is 0 Å². The van der Waals surface area contributed by atoms with Crippen LogP contribution in [0.1, 0.15) is 19.3 Å². The Bertz CT molecular complexity index is 320. The molecule has 0 radical (unpaired) electrons. The second-order valence-corrected chi connectivity index (χ2v) is 5.11. The minimum Gasteiger partial charge on any atom is -0.383 e. The van der Waals surface area contributed by atoms with Crippen LogP contribution in [-0.4, -0.2) is 68.1 Å². The average molecular weight is 257 g/mol. The maximum absolute atomic E-state index is 11.9. The van der Waals surface area contributed by atoms with Crippen LogP contribution in [0.3, 0.4) is 0 Å². The molecule has 1 aliphatic rings. The first-order valence-corrected chi connectivity index (χ1v) is 6.14. The molecule has 104 valence electrons. The van der Waals surface area contributed by atoms with E-state index in [1.165, 1.54) is 0 Å². The van der Waals surface area contributed by atoms with Crippen LogP contribution in [0.2, 0.25) is 0 Å². The van der Waals surface area contributed by atoms with Crippen LogP contribution in [0, 0.1) is 0 Å². The molecule has 0 aromatic heterocycles. The lowest BCUT2D eigenvalue weighted by atomic mass is 9.92. The van der Waals surface area contributed by atoms with Crippen molar-refractivity contribution in [3.8, 4) is 0 Å². The van der Waals surface area contributed by atoms with Crippen molar-refractivity contribution in [2.75, 3.05) is 40.9 Å². The topological polar surface area (TPSA) is 75.9 Å². The Balaban J connectivity index is 2.83. The third-order valence-electron chi connectivity index (χ3n) is 3.48. The summed E-state index contributed by atoms with van der Waals surface area (Å²) in [5.41, 5.74) is 4.88. The number of primary amides is 1. The first kappa shape index (κ1) is 14.9. The van der Waals surface area contributed by atoms with Crippen LogP contribution in [0.4, 0.5) is 0 Å². The van der Waals surface area contributed by atoms with E-state index in [0.717, 1.165) is 19.4 Å². The van der Waals surface area contributed by atoms with Gasteiger partial charge in [0.05, 0.1) is 18.7 Å². The SMILES string of the molecule is COC[C@@]1(CC(=O)N(C)C)CCCN1CC(N)=O. The summed E-state index contributed by atoms with van der Waals surface area (Å²) < 4.78 is 5.26. The molecule has 1 heterocycles. The number of hydrogen-bond donors (Lipinski definition) is 1. The zero-order valence-electron chi connectivity index (χ0n) is 11.4. The molecule has 2 N–H and O–H groups in total. The van der Waals surface area contributed by atoms with Gasteiger partial charge < -0.3 is 15.4 Å². The van der Waals surface area contributed by atoms with E-state index in [0.29, 0.717) is 13.0 Å². The molecule has 0 saturated carbocycles. The summed E-state index contributed by atoms with van der Waals surface area (Å²) in [5.74, 6) is -0.321. The monoisotopic (exact) mass is 257 g/mol. The maximum atomic E-state index is 11.9. The first-order chi connectivity index (χ1) is 8.41. The zero-order valence-corrected chi connectivity index (χ0v) is 11.4. The predicted octanol–water partition coefficient (Wildman–Crippen LogP) is -0.569. The van der Waals surface area contributed by atoms with Crippen molar-refractivity contribution >= 4 is 11.8 Å². The smallest absolute Gasteiger partial charge is 0.231 e. The summed E-state index contributed by atoms with van der Waals surface area (Å²) in [6.07, 6.45) is 2.17. The summed E-state index contributed by atoms with van der Waals surface area (Å²) >= 11 is 0. The summed E-state index contributed by atoms with van der Waals surface area (Å²) in [7, 11) is 5.08. The second kappa shape index (κ2) is 6.15. The Hall–Kier alpha value is -1.14. The number of ether oxygens (including phenoxy) is 1. The van der Waals surface area contributed by atoms with Gasteiger partial charge in [-0.2, -0.15) is 0 Å². The van der Waals surface area contributed by atoms with E-state index in [4.69, 9.17) is 10.5 Å². The Morgan fingerprint density at radius 3 is 2.61 bits per heavy atom. The van der Waals surface area contributed by atoms with E-state index in [1.54, 1.807) is 26.1 Å². The lowest BCUT2D eigenvalue weighted by Crippen LogP contribution is -2.52. The highest BCUT2D eigenvalue weighted by atomic mass is 16.5. The van der Waals surface area contributed by atoms with Crippen LogP contribution < -0.4 is 5.73 Å². The number of methoxy groups -OCH3 is 1. The zero-order chi connectivity index (χ0) is 13.8. The van der Waals surface area contributed by atoms with Gasteiger partial charge in [0.1, 0.15) is 0 Å². The molecular formula is C12H23N3O3. The highest BCUT2D eigenvalue weighted by molar-refractivity contribution is 5.78. The Morgan fingerprint density at radius 2 is 2.11 bits per heavy atom. The van der Waals surface area contributed by atoms with Crippen molar-refractivity contribution in [1.82, 2.24) is 9.80 Å². The molecule has 1 aliphatic heterocycles. The highest BCUT2D eigenvalue weighted by Crippen LogP contribution is 2.33. The van der Waals surface area contributed by atoms with E-state index >= 15 is 0 Å². The number of carbonyl (C=O) groups excluding carboxylic acids is 2. The summed E-state index contributed by atoms with van der Waals surface area (Å²) in [6, 6.07) is 0. The molecule has 18 heavy (non-hydrogen) atoms. The molecule has 6 nitrogen and oxygen atoms in total. The standard InChI is InChI=1S/C12H23N3O3/c1-14(2)11(17)7-12(9-18-3)5-4-6-15(12)8-10(13)16/h4-9H2,1-3H3,(H2,13,16)/t12-/m0/s1. The van der Waals surface area contributed by atoms with Gasteiger partial charge in [0.25, 0.3) is 0 Å². The minimum atomic E-state index is -0.384. The number of carbonyl (C=O) groups is 2. The van der Waals surface area contributed by atoms with Crippen molar-refractivity contribution < 1.29 is 14.3 Å². The van der Waals surface area contributed by atoms with E-state index in [9.17, 15) is 9.59 Å². The summed E-state index contributed by atoms with van der Waals surface area (Å²) in [5, 5.41) is 0. The molecule has 1 atom stereocenters. The molecule has 0 aromatic carbocycles. The Morgan fingerprint density at radius 1 is 1.44 bits per heavy atom. The van der Waals surface area contributed by atoms with Crippen molar-refractivity contribution in [3.63, 3.8) is 0 Å². The molecule has 2 amide bonds. The van der Waals surface area contributed by atoms with Crippen LogP contribution in [0.25, 0.3) is 0 Å². The molecule has 1 fully saturated rings. The molecule has 0 aromatic rings. The third kappa shape index (κ3) is 3.43. The maximum Gasteiger partial charge on any atom is 0.231 e. The molecule has 0 spiro atoms. The van der Waals surface area contributed by atoms with Gasteiger partial charge in [0.15, 0.2) is 0 Å². The minimum absolute atomic E-state index is 0.0448. The molecule has 1 rings (SSSR count). The van der Waals surface area contributed by atoms with Crippen LogP contribution in [0.15, 0.2) is 0 Å². The molecule has 0 bridgehead atoms. The van der Waals surface area contributed by atoms with Gasteiger partial charge in [-0.1, -0.05) is 0 Å². The van der Waals surface area contributed by atoms with Crippen molar-refractivity contribution in [2.24, 2.45) is 5.73 Å². The summed E-state index contributed by atoms with van der Waals surface area (Å²) in [4.78, 5) is 26.6. The molecular weight excluding hydrogens is 234 g/mol. The van der Waals surface area contributed by atoms with Crippen molar-refractivity contribution in [2.45, 2.75) is 24.8 Å². The third-order valence-corrected chi connectivity index (χ3v) is 3.48. The van der Waals surface area contributed by atoms with Crippen molar-refractivity contribution in [1.29, 1.82) is 0 Å². The number of nitrogens with zero attached hydrogens (tertiary/aromatic N) is 2. The van der Waals surface area contributed by atoms with Gasteiger partial charge in [0.2, 0.25) is 11.8 Å². The Labute approximate surface area is 108 Å². The first-order valence-electron chi connectivity index (χ1n) is 6.14. The lowest BCUT2D eigenvalue weighted by Gasteiger charge is -2.37.